The van der Waals surface area contributed by atoms with Crippen molar-refractivity contribution in [2.45, 2.75) is 51.7 Å². The van der Waals surface area contributed by atoms with Crippen LogP contribution < -0.4 is 0 Å². The van der Waals surface area contributed by atoms with E-state index in [0.717, 1.165) is 49.9 Å². The first kappa shape index (κ1) is 19.5. The molecule has 0 spiro atoms. The average molecular weight is 361 g/mol. The van der Waals surface area contributed by atoms with E-state index in [4.69, 9.17) is 0 Å². The predicted octanol–water partition coefficient (Wildman–Crippen LogP) is 3.63. The van der Waals surface area contributed by atoms with Gasteiger partial charge in [0.2, 0.25) is 5.91 Å². The minimum Gasteiger partial charge on any atom is -0.342 e. The summed E-state index contributed by atoms with van der Waals surface area (Å²) in [5, 5.41) is 9.48. The summed E-state index contributed by atoms with van der Waals surface area (Å²) in [6.45, 7) is 8.75. The molecule has 0 bridgehead atoms. The summed E-state index contributed by atoms with van der Waals surface area (Å²) in [4.78, 5) is 14.4. The van der Waals surface area contributed by atoms with Crippen molar-refractivity contribution in [1.29, 1.82) is 0 Å². The maximum atomic E-state index is 12.4. The third-order valence-corrected chi connectivity index (χ3v) is 4.93. The van der Waals surface area contributed by atoms with Gasteiger partial charge >= 0.3 is 0 Å². The smallest absolute Gasteiger partial charge is 0.233 e. The number of carbonyl (C=O) groups excluding carboxylic acids is 1. The fourth-order valence-corrected chi connectivity index (χ4v) is 3.70. The van der Waals surface area contributed by atoms with Gasteiger partial charge in [-0.25, -0.2) is 0 Å². The van der Waals surface area contributed by atoms with Gasteiger partial charge in [0.15, 0.2) is 5.16 Å². The Labute approximate surface area is 154 Å². The van der Waals surface area contributed by atoms with Crippen molar-refractivity contribution >= 4 is 17.7 Å². The van der Waals surface area contributed by atoms with Gasteiger partial charge in [-0.3, -0.25) is 4.79 Å². The Morgan fingerprint density at radius 1 is 1.08 bits per heavy atom. The van der Waals surface area contributed by atoms with E-state index < -0.39 is 0 Å². The summed E-state index contributed by atoms with van der Waals surface area (Å²) in [6.07, 6.45) is 2.74. The minimum absolute atomic E-state index is 0.184. The molecule has 6 heteroatoms. The van der Waals surface area contributed by atoms with Crippen LogP contribution in [0.3, 0.4) is 0 Å². The maximum Gasteiger partial charge on any atom is 0.233 e. The Morgan fingerprint density at radius 3 is 2.36 bits per heavy atom. The second-order valence-corrected chi connectivity index (χ2v) is 6.92. The lowest BCUT2D eigenvalue weighted by molar-refractivity contribution is -0.128. The predicted molar refractivity (Wildman–Crippen MR) is 103 cm³/mol. The molecule has 2 rings (SSSR count). The van der Waals surface area contributed by atoms with Crippen LogP contribution in [0.5, 0.6) is 0 Å². The number of rotatable bonds is 10. The molecule has 0 saturated heterocycles. The van der Waals surface area contributed by atoms with Crippen LogP contribution in [0.15, 0.2) is 35.5 Å². The van der Waals surface area contributed by atoms with E-state index in [9.17, 15) is 4.79 Å². The second-order valence-electron chi connectivity index (χ2n) is 5.97. The molecule has 1 aromatic carbocycles. The van der Waals surface area contributed by atoms with Gasteiger partial charge < -0.3 is 9.47 Å². The summed E-state index contributed by atoms with van der Waals surface area (Å²) in [6, 6.07) is 10.3. The number of benzene rings is 1. The first-order valence-electron chi connectivity index (χ1n) is 9.06. The van der Waals surface area contributed by atoms with Crippen molar-refractivity contribution in [3.8, 4) is 0 Å². The monoisotopic (exact) mass is 360 g/mol. The van der Waals surface area contributed by atoms with Crippen molar-refractivity contribution in [2.75, 3.05) is 18.8 Å². The zero-order valence-corrected chi connectivity index (χ0v) is 16.3. The molecule has 1 aromatic heterocycles. The highest BCUT2D eigenvalue weighted by molar-refractivity contribution is 7.99. The zero-order valence-electron chi connectivity index (χ0n) is 15.4. The third-order valence-electron chi connectivity index (χ3n) is 3.98. The Kier molecular flexibility index (Phi) is 7.98. The van der Waals surface area contributed by atoms with Crippen molar-refractivity contribution in [3.05, 3.63) is 41.7 Å². The molecule has 1 heterocycles. The molecular weight excluding hydrogens is 332 g/mol. The molecule has 5 nitrogen and oxygen atoms in total. The SMILES string of the molecule is CCCN(CCC)C(=O)CSc1nnc(Cc2ccccc2)n1CC. The first-order valence-corrected chi connectivity index (χ1v) is 10.0. The molecule has 136 valence electrons. The van der Waals surface area contributed by atoms with Gasteiger partial charge in [-0.15, -0.1) is 10.2 Å². The van der Waals surface area contributed by atoms with Crippen LogP contribution in [0.4, 0.5) is 0 Å². The van der Waals surface area contributed by atoms with Crippen LogP contribution in [0.25, 0.3) is 0 Å². The molecule has 0 atom stereocenters. The minimum atomic E-state index is 0.184. The molecule has 1 amide bonds. The van der Waals surface area contributed by atoms with Gasteiger partial charge in [0.25, 0.3) is 0 Å². The number of aromatic nitrogens is 3. The Hall–Kier alpha value is -1.82. The molecule has 0 N–H and O–H groups in total. The summed E-state index contributed by atoms with van der Waals surface area (Å²) in [5.74, 6) is 1.55. The highest BCUT2D eigenvalue weighted by Crippen LogP contribution is 2.19. The fraction of sp³-hybridized carbons (Fsp3) is 0.526. The quantitative estimate of drug-likeness (QED) is 0.607. The molecule has 0 radical (unpaired) electrons. The van der Waals surface area contributed by atoms with Crippen LogP contribution in [-0.4, -0.2) is 44.4 Å². The van der Waals surface area contributed by atoms with Crippen molar-refractivity contribution in [3.63, 3.8) is 0 Å². The van der Waals surface area contributed by atoms with Crippen LogP contribution in [0, 0.1) is 0 Å². The molecule has 0 aliphatic rings. The second kappa shape index (κ2) is 10.2. The molecule has 0 aliphatic heterocycles. The molecule has 0 unspecified atom stereocenters. The largest absolute Gasteiger partial charge is 0.342 e. The summed E-state index contributed by atoms with van der Waals surface area (Å²) >= 11 is 1.49. The van der Waals surface area contributed by atoms with Crippen LogP contribution in [0.2, 0.25) is 0 Å². The van der Waals surface area contributed by atoms with Gasteiger partial charge in [-0.05, 0) is 25.3 Å². The van der Waals surface area contributed by atoms with Gasteiger partial charge in [-0.1, -0.05) is 55.9 Å². The normalized spacial score (nSPS) is 10.8. The lowest BCUT2D eigenvalue weighted by atomic mass is 10.1. The Morgan fingerprint density at radius 2 is 1.76 bits per heavy atom. The Bertz CT molecular complexity index is 651. The summed E-state index contributed by atoms with van der Waals surface area (Å²) < 4.78 is 2.11. The average Bonchev–Trinajstić information content (AvgIpc) is 3.02. The molecule has 0 fully saturated rings. The Balaban J connectivity index is 2.01. The molecule has 2 aromatic rings. The van der Waals surface area contributed by atoms with Crippen molar-refractivity contribution in [1.82, 2.24) is 19.7 Å². The van der Waals surface area contributed by atoms with Crippen LogP contribution in [0.1, 0.15) is 45.0 Å². The van der Waals surface area contributed by atoms with E-state index in [-0.39, 0.29) is 5.91 Å². The van der Waals surface area contributed by atoms with E-state index in [2.05, 4.69) is 47.7 Å². The first-order chi connectivity index (χ1) is 12.2. The standard InChI is InChI=1S/C19H28N4OS/c1-4-12-22(13-5-2)18(24)15-25-19-21-20-17(23(19)6-3)14-16-10-8-7-9-11-16/h7-11H,4-6,12-15H2,1-3H3. The number of thioether (sulfide) groups is 1. The number of hydrogen-bond acceptors (Lipinski definition) is 4. The van der Waals surface area contributed by atoms with E-state index >= 15 is 0 Å². The lowest BCUT2D eigenvalue weighted by Gasteiger charge is -2.21. The van der Waals surface area contributed by atoms with E-state index in [1.807, 2.05) is 23.1 Å². The topological polar surface area (TPSA) is 51.0 Å². The van der Waals surface area contributed by atoms with E-state index in [0.29, 0.717) is 5.75 Å². The summed E-state index contributed by atoms with van der Waals surface area (Å²) in [7, 11) is 0. The number of carbonyl (C=O) groups is 1. The summed E-state index contributed by atoms with van der Waals surface area (Å²) in [5.41, 5.74) is 1.22. The third kappa shape index (κ3) is 5.59. The van der Waals surface area contributed by atoms with Crippen LogP contribution in [-0.2, 0) is 17.8 Å². The molecule has 0 aliphatic carbocycles. The maximum absolute atomic E-state index is 12.4. The number of hydrogen-bond donors (Lipinski definition) is 0. The fourth-order valence-electron chi connectivity index (χ4n) is 2.77. The highest BCUT2D eigenvalue weighted by Gasteiger charge is 2.16. The van der Waals surface area contributed by atoms with E-state index in [1.54, 1.807) is 0 Å². The van der Waals surface area contributed by atoms with Gasteiger partial charge in [0.1, 0.15) is 5.82 Å². The van der Waals surface area contributed by atoms with Gasteiger partial charge in [0, 0.05) is 26.1 Å². The van der Waals surface area contributed by atoms with Crippen LogP contribution >= 0.6 is 11.8 Å². The van der Waals surface area contributed by atoms with E-state index in [1.165, 1.54) is 17.3 Å². The van der Waals surface area contributed by atoms with Crippen molar-refractivity contribution < 1.29 is 4.79 Å². The zero-order chi connectivity index (χ0) is 18.1. The number of nitrogens with zero attached hydrogens (tertiary/aromatic N) is 4. The molecule has 25 heavy (non-hydrogen) atoms. The lowest BCUT2D eigenvalue weighted by Crippen LogP contribution is -2.33. The van der Waals surface area contributed by atoms with Crippen molar-refractivity contribution in [2.24, 2.45) is 0 Å². The molecular formula is C19H28N4OS. The van der Waals surface area contributed by atoms with Gasteiger partial charge in [0.05, 0.1) is 5.75 Å². The number of amides is 1. The van der Waals surface area contributed by atoms with Gasteiger partial charge in [-0.2, -0.15) is 0 Å². The highest BCUT2D eigenvalue weighted by atomic mass is 32.2. The molecule has 0 saturated carbocycles.